The molecule has 36 heavy (non-hydrogen) atoms. The molecule has 3 aromatic carbocycles. The molecule has 1 aliphatic heterocycles. The van der Waals surface area contributed by atoms with Crippen LogP contribution in [0.4, 0.5) is 26.3 Å². The van der Waals surface area contributed by atoms with Crippen molar-refractivity contribution in [2.24, 2.45) is 11.7 Å². The summed E-state index contributed by atoms with van der Waals surface area (Å²) >= 11 is 0. The van der Waals surface area contributed by atoms with Gasteiger partial charge in [-0.1, -0.05) is 19.1 Å². The van der Waals surface area contributed by atoms with E-state index in [1.807, 2.05) is 0 Å². The van der Waals surface area contributed by atoms with Gasteiger partial charge in [-0.2, -0.15) is 0 Å². The van der Waals surface area contributed by atoms with Crippen LogP contribution in [0.2, 0.25) is 0 Å². The zero-order chi connectivity index (χ0) is 26.0. The Morgan fingerprint density at radius 2 is 1.47 bits per heavy atom. The third kappa shape index (κ3) is 5.50. The molecule has 192 valence electrons. The van der Waals surface area contributed by atoms with Gasteiger partial charge in [0.25, 0.3) is 0 Å². The van der Waals surface area contributed by atoms with Crippen LogP contribution in [0.3, 0.4) is 0 Å². The molecule has 0 aliphatic carbocycles. The van der Waals surface area contributed by atoms with E-state index in [2.05, 4.69) is 0 Å². The lowest BCUT2D eigenvalue weighted by molar-refractivity contribution is -0.208. The van der Waals surface area contributed by atoms with Crippen LogP contribution in [0.15, 0.2) is 42.5 Å². The first-order chi connectivity index (χ1) is 17.2. The summed E-state index contributed by atoms with van der Waals surface area (Å²) in [6.07, 6.45) is -0.415. The number of hydrogen-bond acceptors (Lipinski definition) is 4. The second-order valence-electron chi connectivity index (χ2n) is 8.50. The summed E-state index contributed by atoms with van der Waals surface area (Å²) < 4.78 is 100. The maximum absolute atomic E-state index is 14.7. The van der Waals surface area contributed by atoms with Crippen LogP contribution in [-0.4, -0.2) is 19.8 Å². The van der Waals surface area contributed by atoms with Crippen LogP contribution < -0.4 is 10.5 Å². The van der Waals surface area contributed by atoms with Crippen molar-refractivity contribution in [3.63, 3.8) is 0 Å². The van der Waals surface area contributed by atoms with Gasteiger partial charge in [0.05, 0.1) is 19.8 Å². The number of rotatable bonds is 7. The lowest BCUT2D eigenvalue weighted by Gasteiger charge is -2.29. The Hall–Kier alpha value is -3.08. The van der Waals surface area contributed by atoms with E-state index in [0.29, 0.717) is 29.7 Å². The van der Waals surface area contributed by atoms with Crippen LogP contribution in [0.5, 0.6) is 5.75 Å². The lowest BCUT2D eigenvalue weighted by Crippen LogP contribution is -2.31. The highest BCUT2D eigenvalue weighted by Crippen LogP contribution is 2.32. The molecule has 0 saturated carbocycles. The molecular weight excluding hydrogens is 488 g/mol. The standard InChI is InChI=1S/C26H23F6NO3/c1-2-23(33)16-8-21(30)25(22(31)9-16)34-10-13-11-35-26(36-12-13)14-3-4-17(18(27)5-14)15-6-19(28)24(32)20(29)7-15/h3-9,13,23,26H,2,10-12,33H2,1H3. The Labute approximate surface area is 203 Å². The normalized spacial score (nSPS) is 18.8. The highest BCUT2D eigenvalue weighted by atomic mass is 19.2. The predicted octanol–water partition coefficient (Wildman–Crippen LogP) is 6.34. The molecule has 1 atom stereocenters. The maximum Gasteiger partial charge on any atom is 0.194 e. The van der Waals surface area contributed by atoms with E-state index in [9.17, 15) is 26.3 Å². The summed E-state index contributed by atoms with van der Waals surface area (Å²) in [6.45, 7) is 1.92. The van der Waals surface area contributed by atoms with Gasteiger partial charge in [0.2, 0.25) is 0 Å². The van der Waals surface area contributed by atoms with Gasteiger partial charge in [0, 0.05) is 23.1 Å². The van der Waals surface area contributed by atoms with Gasteiger partial charge >= 0.3 is 0 Å². The summed E-state index contributed by atoms with van der Waals surface area (Å²) in [6, 6.07) is 7.01. The van der Waals surface area contributed by atoms with Gasteiger partial charge in [-0.15, -0.1) is 0 Å². The molecule has 1 aliphatic rings. The highest BCUT2D eigenvalue weighted by molar-refractivity contribution is 5.64. The molecule has 1 unspecified atom stereocenters. The van der Waals surface area contributed by atoms with Crippen molar-refractivity contribution in [1.82, 2.24) is 0 Å². The van der Waals surface area contributed by atoms with E-state index >= 15 is 0 Å². The summed E-state index contributed by atoms with van der Waals surface area (Å²) in [5.41, 5.74) is 6.17. The fraction of sp³-hybridized carbons (Fsp3) is 0.308. The van der Waals surface area contributed by atoms with E-state index < -0.39 is 53.0 Å². The van der Waals surface area contributed by atoms with E-state index in [4.69, 9.17) is 19.9 Å². The van der Waals surface area contributed by atoms with Crippen molar-refractivity contribution in [2.45, 2.75) is 25.7 Å². The maximum atomic E-state index is 14.7. The molecule has 0 radical (unpaired) electrons. The first-order valence-electron chi connectivity index (χ1n) is 11.2. The molecule has 1 fully saturated rings. The molecule has 0 spiro atoms. The molecule has 0 bridgehead atoms. The van der Waals surface area contributed by atoms with Gasteiger partial charge in [0.1, 0.15) is 5.82 Å². The van der Waals surface area contributed by atoms with Crippen LogP contribution in [0.1, 0.15) is 36.8 Å². The molecule has 0 amide bonds. The van der Waals surface area contributed by atoms with Gasteiger partial charge in [-0.05, 0) is 47.9 Å². The fourth-order valence-electron chi connectivity index (χ4n) is 3.82. The van der Waals surface area contributed by atoms with E-state index in [-0.39, 0.29) is 36.9 Å². The molecule has 4 rings (SSSR count). The minimum absolute atomic E-state index is 0.0886. The van der Waals surface area contributed by atoms with Crippen molar-refractivity contribution in [2.75, 3.05) is 19.8 Å². The molecular formula is C26H23F6NO3. The second-order valence-corrected chi connectivity index (χ2v) is 8.50. The molecule has 3 aromatic rings. The number of ether oxygens (including phenoxy) is 3. The third-order valence-electron chi connectivity index (χ3n) is 5.88. The first-order valence-corrected chi connectivity index (χ1v) is 11.2. The van der Waals surface area contributed by atoms with Crippen LogP contribution in [0.25, 0.3) is 11.1 Å². The topological polar surface area (TPSA) is 53.7 Å². The van der Waals surface area contributed by atoms with Crippen LogP contribution >= 0.6 is 0 Å². The quantitative estimate of drug-likeness (QED) is 0.297. The van der Waals surface area contributed by atoms with Crippen molar-refractivity contribution < 1.29 is 40.6 Å². The zero-order valence-electron chi connectivity index (χ0n) is 19.2. The second kappa shape index (κ2) is 10.9. The van der Waals surface area contributed by atoms with E-state index in [1.54, 1.807) is 6.92 Å². The average Bonchev–Trinajstić information content (AvgIpc) is 2.86. The number of nitrogens with two attached hydrogens (primary N) is 1. The van der Waals surface area contributed by atoms with Crippen LogP contribution in [-0.2, 0) is 9.47 Å². The van der Waals surface area contributed by atoms with Crippen molar-refractivity contribution in [3.05, 3.63) is 88.5 Å². The Balaban J connectivity index is 1.37. The third-order valence-corrected chi connectivity index (χ3v) is 5.88. The summed E-state index contributed by atoms with van der Waals surface area (Å²) in [5.74, 6) is -7.90. The van der Waals surface area contributed by atoms with E-state index in [1.165, 1.54) is 12.1 Å². The minimum Gasteiger partial charge on any atom is -0.487 e. The van der Waals surface area contributed by atoms with Crippen molar-refractivity contribution in [3.8, 4) is 16.9 Å². The molecule has 0 aromatic heterocycles. The van der Waals surface area contributed by atoms with Gasteiger partial charge in [-0.25, -0.2) is 26.3 Å². The smallest absolute Gasteiger partial charge is 0.194 e. The molecule has 2 N–H and O–H groups in total. The van der Waals surface area contributed by atoms with Gasteiger partial charge in [0.15, 0.2) is 41.1 Å². The molecule has 4 nitrogen and oxygen atoms in total. The fourth-order valence-corrected chi connectivity index (χ4v) is 3.82. The highest BCUT2D eigenvalue weighted by Gasteiger charge is 2.26. The molecule has 1 saturated heterocycles. The lowest BCUT2D eigenvalue weighted by atomic mass is 10.0. The van der Waals surface area contributed by atoms with Crippen molar-refractivity contribution >= 4 is 0 Å². The van der Waals surface area contributed by atoms with Gasteiger partial charge < -0.3 is 19.9 Å². The summed E-state index contributed by atoms with van der Waals surface area (Å²) in [7, 11) is 0. The summed E-state index contributed by atoms with van der Waals surface area (Å²) in [5, 5.41) is 0. The number of benzene rings is 3. The van der Waals surface area contributed by atoms with Crippen LogP contribution in [0, 0.1) is 40.8 Å². The van der Waals surface area contributed by atoms with E-state index in [0.717, 1.165) is 18.2 Å². The Morgan fingerprint density at radius 3 is 2.03 bits per heavy atom. The SMILES string of the molecule is CCC(N)c1cc(F)c(OCC2COC(c3ccc(-c4cc(F)c(F)c(F)c4)c(F)c3)OC2)c(F)c1. The first kappa shape index (κ1) is 26.0. The Morgan fingerprint density at radius 1 is 0.861 bits per heavy atom. The average molecular weight is 511 g/mol. The predicted molar refractivity (Wildman–Crippen MR) is 119 cm³/mol. The Bertz CT molecular complexity index is 1200. The zero-order valence-corrected chi connectivity index (χ0v) is 19.2. The monoisotopic (exact) mass is 511 g/mol. The Kier molecular flexibility index (Phi) is 7.87. The number of hydrogen-bond donors (Lipinski definition) is 1. The molecule has 1 heterocycles. The molecule has 10 heteroatoms. The summed E-state index contributed by atoms with van der Waals surface area (Å²) in [4.78, 5) is 0. The van der Waals surface area contributed by atoms with Gasteiger partial charge in [-0.3, -0.25) is 0 Å². The minimum atomic E-state index is -1.64. The number of halogens is 6. The van der Waals surface area contributed by atoms with Crippen molar-refractivity contribution in [1.29, 1.82) is 0 Å². The largest absolute Gasteiger partial charge is 0.487 e.